The van der Waals surface area contributed by atoms with Gasteiger partial charge in [0.05, 0.1) is 11.6 Å². The molecule has 0 aliphatic heterocycles. The van der Waals surface area contributed by atoms with Gasteiger partial charge in [-0.05, 0) is 35.5 Å². The summed E-state index contributed by atoms with van der Waals surface area (Å²) in [4.78, 5) is 6.30. The molecular formula is C13H16ClN7. The van der Waals surface area contributed by atoms with Crippen molar-refractivity contribution in [3.05, 3.63) is 28.7 Å². The van der Waals surface area contributed by atoms with Crippen molar-refractivity contribution < 1.29 is 0 Å². The van der Waals surface area contributed by atoms with Gasteiger partial charge in [0.2, 0.25) is 0 Å². The van der Waals surface area contributed by atoms with E-state index in [9.17, 15) is 0 Å². The van der Waals surface area contributed by atoms with Crippen molar-refractivity contribution in [2.75, 3.05) is 13.6 Å². The van der Waals surface area contributed by atoms with Crippen LogP contribution in [-0.2, 0) is 6.54 Å². The molecule has 110 valence electrons. The van der Waals surface area contributed by atoms with E-state index in [1.807, 2.05) is 13.1 Å². The van der Waals surface area contributed by atoms with Crippen LogP contribution in [0.15, 0.2) is 12.1 Å². The minimum absolute atomic E-state index is 0.158. The van der Waals surface area contributed by atoms with Crippen molar-refractivity contribution in [1.82, 2.24) is 30.1 Å². The highest BCUT2D eigenvalue weighted by Gasteiger charge is 2.14. The molecule has 8 heteroatoms. The third-order valence-electron chi connectivity index (χ3n) is 2.78. The smallest absolute Gasteiger partial charge is 0.172 e. The van der Waals surface area contributed by atoms with Gasteiger partial charge < -0.3 is 0 Å². The Labute approximate surface area is 128 Å². The molecule has 2 aromatic heterocycles. The number of aromatic nitrogens is 5. The van der Waals surface area contributed by atoms with Crippen LogP contribution in [0.2, 0.25) is 5.02 Å². The highest BCUT2D eigenvalue weighted by atomic mass is 35.5. The molecule has 0 radical (unpaired) electrons. The zero-order valence-electron chi connectivity index (χ0n) is 12.2. The maximum atomic E-state index is 8.99. The summed E-state index contributed by atoms with van der Waals surface area (Å²) in [6.07, 6.45) is 0. The lowest BCUT2D eigenvalue weighted by Gasteiger charge is -2.17. The fourth-order valence-electron chi connectivity index (χ4n) is 2.04. The number of hydrogen-bond acceptors (Lipinski definition) is 6. The van der Waals surface area contributed by atoms with Gasteiger partial charge in [-0.2, -0.15) is 9.94 Å². The molecule has 0 saturated heterocycles. The second-order valence-electron chi connectivity index (χ2n) is 5.21. The van der Waals surface area contributed by atoms with Crippen LogP contribution in [0.3, 0.4) is 0 Å². The van der Waals surface area contributed by atoms with E-state index in [4.69, 9.17) is 16.9 Å². The predicted octanol–water partition coefficient (Wildman–Crippen LogP) is 1.67. The van der Waals surface area contributed by atoms with Gasteiger partial charge in [-0.15, -0.1) is 5.10 Å². The van der Waals surface area contributed by atoms with E-state index in [1.165, 1.54) is 4.68 Å². The fraction of sp³-hybridized carbons (Fsp3) is 0.462. The zero-order valence-corrected chi connectivity index (χ0v) is 12.9. The normalized spacial score (nSPS) is 11.1. The Morgan fingerprint density at radius 3 is 2.86 bits per heavy atom. The zero-order chi connectivity index (χ0) is 15.4. The summed E-state index contributed by atoms with van der Waals surface area (Å²) in [6.45, 7) is 5.83. The Hall–Kier alpha value is -2.04. The van der Waals surface area contributed by atoms with E-state index in [0.29, 0.717) is 29.1 Å². The van der Waals surface area contributed by atoms with Gasteiger partial charge >= 0.3 is 0 Å². The van der Waals surface area contributed by atoms with Crippen molar-refractivity contribution in [3.8, 4) is 11.9 Å². The molecule has 0 spiro atoms. The first-order chi connectivity index (χ1) is 10.0. The largest absolute Gasteiger partial charge is 0.299 e. The first kappa shape index (κ1) is 15.4. The summed E-state index contributed by atoms with van der Waals surface area (Å²) in [5.74, 6) is 1.70. The van der Waals surface area contributed by atoms with E-state index in [0.717, 1.165) is 6.54 Å². The number of tetrazole rings is 1. The summed E-state index contributed by atoms with van der Waals surface area (Å²) >= 11 is 5.88. The third kappa shape index (κ3) is 3.74. The highest BCUT2D eigenvalue weighted by molar-refractivity contribution is 6.31. The molecule has 0 aliphatic rings. The minimum atomic E-state index is 0.158. The number of hydrogen-bond donors (Lipinski definition) is 0. The van der Waals surface area contributed by atoms with Gasteiger partial charge in [-0.1, -0.05) is 25.4 Å². The molecule has 2 heterocycles. The number of nitriles is 1. The van der Waals surface area contributed by atoms with Crippen molar-refractivity contribution in [2.24, 2.45) is 5.92 Å². The van der Waals surface area contributed by atoms with Crippen molar-refractivity contribution in [3.63, 3.8) is 0 Å². The summed E-state index contributed by atoms with van der Waals surface area (Å²) in [7, 11) is 2.01. The quantitative estimate of drug-likeness (QED) is 0.835. The predicted molar refractivity (Wildman–Crippen MR) is 77.8 cm³/mol. The van der Waals surface area contributed by atoms with Gasteiger partial charge in [-0.3, -0.25) is 4.90 Å². The maximum Gasteiger partial charge on any atom is 0.172 e. The summed E-state index contributed by atoms with van der Waals surface area (Å²) in [6, 6.07) is 5.25. The van der Waals surface area contributed by atoms with E-state index in [1.54, 1.807) is 12.1 Å². The number of nitrogens with zero attached hydrogens (tertiary/aromatic N) is 7. The second-order valence-corrected chi connectivity index (χ2v) is 5.62. The SMILES string of the molecule is CC(C)CN(C)Cc1nnnn1-c1ccc(Cl)c(C#N)n1. The van der Waals surface area contributed by atoms with Crippen LogP contribution in [0.4, 0.5) is 0 Å². The average Bonchev–Trinajstić information content (AvgIpc) is 2.86. The van der Waals surface area contributed by atoms with Crippen LogP contribution < -0.4 is 0 Å². The minimum Gasteiger partial charge on any atom is -0.299 e. The van der Waals surface area contributed by atoms with Crippen LogP contribution in [0.5, 0.6) is 0 Å². The van der Waals surface area contributed by atoms with Crippen molar-refractivity contribution in [1.29, 1.82) is 5.26 Å². The molecule has 21 heavy (non-hydrogen) atoms. The van der Waals surface area contributed by atoms with Gasteiger partial charge in [0.25, 0.3) is 0 Å². The number of rotatable bonds is 5. The van der Waals surface area contributed by atoms with Crippen LogP contribution in [0.1, 0.15) is 25.4 Å². The molecule has 0 aliphatic carbocycles. The molecule has 7 nitrogen and oxygen atoms in total. The maximum absolute atomic E-state index is 8.99. The molecule has 2 aromatic rings. The van der Waals surface area contributed by atoms with Gasteiger partial charge in [-0.25, -0.2) is 4.98 Å². The highest BCUT2D eigenvalue weighted by Crippen LogP contribution is 2.15. The molecule has 0 atom stereocenters. The lowest BCUT2D eigenvalue weighted by Crippen LogP contribution is -2.24. The first-order valence-corrected chi connectivity index (χ1v) is 6.92. The Bertz CT molecular complexity index is 659. The number of halogens is 1. The molecule has 0 fully saturated rings. The molecule has 0 saturated carbocycles. The topological polar surface area (TPSA) is 83.5 Å². The van der Waals surface area contributed by atoms with Crippen LogP contribution in [-0.4, -0.2) is 43.7 Å². The van der Waals surface area contributed by atoms with E-state index < -0.39 is 0 Å². The van der Waals surface area contributed by atoms with Crippen LogP contribution in [0.25, 0.3) is 5.82 Å². The van der Waals surface area contributed by atoms with E-state index in [-0.39, 0.29) is 5.69 Å². The molecule has 0 unspecified atom stereocenters. The standard InChI is InChI=1S/C13H16ClN7/c1-9(2)7-20(3)8-13-17-18-19-21(13)12-5-4-10(14)11(6-15)16-12/h4-5,9H,7-8H2,1-3H3. The van der Waals surface area contributed by atoms with Crippen molar-refractivity contribution in [2.45, 2.75) is 20.4 Å². The third-order valence-corrected chi connectivity index (χ3v) is 3.08. The van der Waals surface area contributed by atoms with E-state index in [2.05, 4.69) is 39.3 Å². The average molecular weight is 306 g/mol. The lowest BCUT2D eigenvalue weighted by molar-refractivity contribution is 0.279. The summed E-state index contributed by atoms with van der Waals surface area (Å²) in [5, 5.41) is 20.9. The van der Waals surface area contributed by atoms with E-state index >= 15 is 0 Å². The first-order valence-electron chi connectivity index (χ1n) is 6.54. The lowest BCUT2D eigenvalue weighted by atomic mass is 10.2. The monoisotopic (exact) mass is 305 g/mol. The van der Waals surface area contributed by atoms with Crippen LogP contribution >= 0.6 is 11.6 Å². The van der Waals surface area contributed by atoms with Crippen LogP contribution in [0, 0.1) is 17.2 Å². The van der Waals surface area contributed by atoms with Gasteiger partial charge in [0.15, 0.2) is 17.3 Å². The molecule has 0 bridgehead atoms. The van der Waals surface area contributed by atoms with Gasteiger partial charge in [0, 0.05) is 6.54 Å². The Morgan fingerprint density at radius 1 is 1.43 bits per heavy atom. The van der Waals surface area contributed by atoms with Crippen molar-refractivity contribution >= 4 is 11.6 Å². The Morgan fingerprint density at radius 2 is 2.19 bits per heavy atom. The second kappa shape index (κ2) is 6.61. The fourth-order valence-corrected chi connectivity index (χ4v) is 2.19. The molecule has 0 N–H and O–H groups in total. The molecule has 0 aromatic carbocycles. The number of pyridine rings is 1. The molecule has 2 rings (SSSR count). The Kier molecular flexibility index (Phi) is 4.83. The molecule has 0 amide bonds. The molecular weight excluding hydrogens is 290 g/mol. The van der Waals surface area contributed by atoms with Gasteiger partial charge in [0.1, 0.15) is 6.07 Å². The Balaban J connectivity index is 2.26. The summed E-state index contributed by atoms with van der Waals surface area (Å²) in [5.41, 5.74) is 0.158. The summed E-state index contributed by atoms with van der Waals surface area (Å²) < 4.78 is 1.52.